The number of hydrogen-bond donors (Lipinski definition) is 2. The van der Waals surface area contributed by atoms with E-state index in [4.69, 9.17) is 11.6 Å². The normalized spacial score (nSPS) is 20.3. The zero-order chi connectivity index (χ0) is 24.7. The molecule has 0 bridgehead atoms. The summed E-state index contributed by atoms with van der Waals surface area (Å²) in [5, 5.41) is 14.8. The fourth-order valence-electron chi connectivity index (χ4n) is 4.84. The van der Waals surface area contributed by atoms with Crippen molar-refractivity contribution < 1.29 is 9.50 Å². The first kappa shape index (κ1) is 23.7. The van der Waals surface area contributed by atoms with E-state index in [1.165, 1.54) is 0 Å². The van der Waals surface area contributed by atoms with Gasteiger partial charge in [-0.3, -0.25) is 9.30 Å². The fraction of sp³-hybridized carbons (Fsp3) is 0.346. The number of nitrogens with zero attached hydrogens (tertiary/aromatic N) is 5. The van der Waals surface area contributed by atoms with Crippen LogP contribution in [0.2, 0.25) is 5.02 Å². The SMILES string of the molecule is C[C@H](Nc1ncc(F)c(-c2cnc3c(Cl)cccn23)n1)c1ccc(C(O)C2(C)CCCN2C)cc1. The monoisotopic (exact) mass is 494 g/mol. The lowest BCUT2D eigenvalue weighted by Crippen LogP contribution is -2.43. The van der Waals surface area contributed by atoms with Gasteiger partial charge in [0.2, 0.25) is 5.95 Å². The van der Waals surface area contributed by atoms with Gasteiger partial charge in [0, 0.05) is 11.7 Å². The number of pyridine rings is 1. The molecule has 1 fully saturated rings. The van der Waals surface area contributed by atoms with Crippen LogP contribution in [-0.2, 0) is 0 Å². The topological polar surface area (TPSA) is 78.6 Å². The lowest BCUT2D eigenvalue weighted by Gasteiger charge is -2.37. The van der Waals surface area contributed by atoms with E-state index in [0.717, 1.165) is 36.7 Å². The summed E-state index contributed by atoms with van der Waals surface area (Å²) in [6.45, 7) is 5.09. The van der Waals surface area contributed by atoms with Crippen molar-refractivity contribution in [3.8, 4) is 11.4 Å². The van der Waals surface area contributed by atoms with Crippen LogP contribution in [0.25, 0.3) is 17.0 Å². The van der Waals surface area contributed by atoms with Gasteiger partial charge in [0.1, 0.15) is 5.69 Å². The molecule has 0 spiro atoms. The first-order chi connectivity index (χ1) is 16.8. The number of halogens is 2. The van der Waals surface area contributed by atoms with E-state index >= 15 is 0 Å². The maximum absolute atomic E-state index is 14.7. The second-order valence-electron chi connectivity index (χ2n) is 9.40. The molecule has 3 aromatic heterocycles. The van der Waals surface area contributed by atoms with Crippen LogP contribution in [0.5, 0.6) is 0 Å². The molecule has 1 aromatic carbocycles. The summed E-state index contributed by atoms with van der Waals surface area (Å²) in [6, 6.07) is 11.3. The van der Waals surface area contributed by atoms with Gasteiger partial charge in [0.25, 0.3) is 0 Å². The third-order valence-corrected chi connectivity index (χ3v) is 7.51. The highest BCUT2D eigenvalue weighted by atomic mass is 35.5. The molecule has 1 aliphatic rings. The molecule has 1 saturated heterocycles. The largest absolute Gasteiger partial charge is 0.386 e. The number of aromatic nitrogens is 4. The van der Waals surface area contributed by atoms with Crippen molar-refractivity contribution in [2.75, 3.05) is 18.9 Å². The number of hydrogen-bond acceptors (Lipinski definition) is 6. The fourth-order valence-corrected chi connectivity index (χ4v) is 5.05. The Labute approximate surface area is 208 Å². The number of rotatable bonds is 6. The first-order valence-electron chi connectivity index (χ1n) is 11.7. The first-order valence-corrected chi connectivity index (χ1v) is 12.1. The van der Waals surface area contributed by atoms with Gasteiger partial charge >= 0.3 is 0 Å². The van der Waals surface area contributed by atoms with Crippen LogP contribution in [0.1, 0.15) is 50.0 Å². The Morgan fingerprint density at radius 3 is 2.60 bits per heavy atom. The van der Waals surface area contributed by atoms with Crippen molar-refractivity contribution in [1.82, 2.24) is 24.3 Å². The summed E-state index contributed by atoms with van der Waals surface area (Å²) >= 11 is 6.21. The van der Waals surface area contributed by atoms with Crippen LogP contribution < -0.4 is 5.32 Å². The second kappa shape index (κ2) is 9.18. The highest BCUT2D eigenvalue weighted by Crippen LogP contribution is 2.39. The number of likely N-dealkylation sites (N-methyl/N-ethyl adjacent to an activating group) is 1. The van der Waals surface area contributed by atoms with E-state index in [1.807, 2.05) is 31.2 Å². The van der Waals surface area contributed by atoms with E-state index in [9.17, 15) is 9.50 Å². The van der Waals surface area contributed by atoms with Gasteiger partial charge in [0.15, 0.2) is 11.5 Å². The lowest BCUT2D eigenvalue weighted by molar-refractivity contribution is 0.0158. The van der Waals surface area contributed by atoms with Crippen molar-refractivity contribution in [2.24, 2.45) is 0 Å². The Balaban J connectivity index is 1.36. The minimum absolute atomic E-state index is 0.136. The maximum Gasteiger partial charge on any atom is 0.223 e. The smallest absolute Gasteiger partial charge is 0.223 e. The maximum atomic E-state index is 14.7. The zero-order valence-electron chi connectivity index (χ0n) is 19.9. The molecule has 0 radical (unpaired) electrons. The number of aliphatic hydroxyl groups excluding tert-OH is 1. The van der Waals surface area contributed by atoms with E-state index < -0.39 is 11.9 Å². The summed E-state index contributed by atoms with van der Waals surface area (Å²) in [6.07, 6.45) is 5.96. The Morgan fingerprint density at radius 1 is 1.14 bits per heavy atom. The van der Waals surface area contributed by atoms with Crippen molar-refractivity contribution >= 4 is 23.2 Å². The second-order valence-corrected chi connectivity index (χ2v) is 9.81. The molecule has 0 aliphatic carbocycles. The Kier molecular flexibility index (Phi) is 6.21. The summed E-state index contributed by atoms with van der Waals surface area (Å²) < 4.78 is 16.4. The molecule has 1 aliphatic heterocycles. The van der Waals surface area contributed by atoms with E-state index in [-0.39, 0.29) is 17.3 Å². The quantitative estimate of drug-likeness (QED) is 0.380. The predicted octanol–water partition coefficient (Wildman–Crippen LogP) is 5.27. The Morgan fingerprint density at radius 2 is 1.89 bits per heavy atom. The summed E-state index contributed by atoms with van der Waals surface area (Å²) in [5.74, 6) is -0.247. The third kappa shape index (κ3) is 4.26. The van der Waals surface area contributed by atoms with Crippen molar-refractivity contribution in [1.29, 1.82) is 0 Å². The predicted molar refractivity (Wildman–Crippen MR) is 135 cm³/mol. The molecule has 9 heteroatoms. The zero-order valence-corrected chi connectivity index (χ0v) is 20.7. The minimum Gasteiger partial charge on any atom is -0.386 e. The molecule has 0 saturated carbocycles. The van der Waals surface area contributed by atoms with Gasteiger partial charge in [-0.15, -0.1) is 0 Å². The standard InChI is InChI=1S/C26H28ClFN6O/c1-16(17-7-9-18(10-8-17)23(35)26(2)11-5-12-33(26)3)31-25-30-14-20(28)22(32-25)21-15-29-24-19(27)6-4-13-34(21)24/h4,6-10,13-16,23,35H,5,11-12H2,1-3H3,(H,30,31,32)/t16-,23?,26?/m0/s1. The van der Waals surface area contributed by atoms with Crippen LogP contribution in [-0.4, -0.2) is 48.5 Å². The van der Waals surface area contributed by atoms with Gasteiger partial charge in [-0.05, 0) is 63.5 Å². The Hall–Kier alpha value is -3.07. The molecule has 0 amide bonds. The third-order valence-electron chi connectivity index (χ3n) is 7.21. The van der Waals surface area contributed by atoms with Crippen molar-refractivity contribution in [2.45, 2.75) is 44.4 Å². The molecule has 2 unspecified atom stereocenters. The molecular weight excluding hydrogens is 467 g/mol. The van der Waals surface area contributed by atoms with E-state index in [2.05, 4.69) is 39.1 Å². The lowest BCUT2D eigenvalue weighted by atomic mass is 9.86. The number of aliphatic hydroxyl groups is 1. The van der Waals surface area contributed by atoms with Crippen LogP contribution in [0.15, 0.2) is 55.0 Å². The molecule has 4 aromatic rings. The molecule has 5 rings (SSSR count). The van der Waals surface area contributed by atoms with Gasteiger partial charge in [-0.1, -0.05) is 35.9 Å². The number of likely N-dealkylation sites (tertiary alicyclic amines) is 1. The number of anilines is 1. The van der Waals surface area contributed by atoms with E-state index in [0.29, 0.717) is 22.3 Å². The number of fused-ring (bicyclic) bond motifs is 1. The number of nitrogens with one attached hydrogen (secondary N) is 1. The average molecular weight is 495 g/mol. The number of benzene rings is 1. The van der Waals surface area contributed by atoms with Gasteiger partial charge in [-0.2, -0.15) is 0 Å². The highest BCUT2D eigenvalue weighted by molar-refractivity contribution is 6.33. The minimum atomic E-state index is -0.561. The summed E-state index contributed by atoms with van der Waals surface area (Å²) in [4.78, 5) is 15.1. The molecule has 3 atom stereocenters. The van der Waals surface area contributed by atoms with Crippen LogP contribution in [0, 0.1) is 5.82 Å². The average Bonchev–Trinajstić information content (AvgIpc) is 3.44. The molecular formula is C26H28ClFN6O. The Bertz CT molecular complexity index is 1360. The van der Waals surface area contributed by atoms with E-state index in [1.54, 1.807) is 28.9 Å². The van der Waals surface area contributed by atoms with Crippen LogP contribution in [0.3, 0.4) is 0 Å². The molecule has 7 nitrogen and oxygen atoms in total. The molecule has 4 heterocycles. The molecule has 182 valence electrons. The number of imidazole rings is 1. The summed E-state index contributed by atoms with van der Waals surface area (Å²) in [7, 11) is 2.06. The van der Waals surface area contributed by atoms with Crippen molar-refractivity contribution in [3.63, 3.8) is 0 Å². The highest BCUT2D eigenvalue weighted by Gasteiger charge is 2.41. The molecule has 35 heavy (non-hydrogen) atoms. The van der Waals surface area contributed by atoms with Gasteiger partial charge in [-0.25, -0.2) is 19.3 Å². The summed E-state index contributed by atoms with van der Waals surface area (Å²) in [5.41, 5.74) is 2.79. The van der Waals surface area contributed by atoms with Crippen LogP contribution in [0.4, 0.5) is 10.3 Å². The van der Waals surface area contributed by atoms with Gasteiger partial charge < -0.3 is 10.4 Å². The molecule has 2 N–H and O–H groups in total. The van der Waals surface area contributed by atoms with Gasteiger partial charge in [0.05, 0.1) is 35.3 Å². The van der Waals surface area contributed by atoms with Crippen LogP contribution >= 0.6 is 11.6 Å². The van der Waals surface area contributed by atoms with Crippen molar-refractivity contribution in [3.05, 3.63) is 77.0 Å².